The van der Waals surface area contributed by atoms with E-state index in [2.05, 4.69) is 9.73 Å². The largest absolute Gasteiger partial charge is 0.481 e. The minimum Gasteiger partial charge on any atom is -0.481 e. The van der Waals surface area contributed by atoms with Crippen molar-refractivity contribution in [3.05, 3.63) is 29.6 Å². The maximum absolute atomic E-state index is 13.8. The highest BCUT2D eigenvalue weighted by atomic mass is 19.1. The van der Waals surface area contributed by atoms with E-state index in [1.54, 1.807) is 19.1 Å². The Balaban J connectivity index is 3.31. The Kier molecular flexibility index (Phi) is 4.74. The minimum absolute atomic E-state index is 0.0894. The minimum atomic E-state index is -1.24. The number of esters is 1. The zero-order valence-electron chi connectivity index (χ0n) is 10.8. The van der Waals surface area contributed by atoms with E-state index in [9.17, 15) is 14.0 Å². The van der Waals surface area contributed by atoms with Crippen molar-refractivity contribution in [2.45, 2.75) is 13.8 Å². The average Bonchev–Trinajstić information content (AvgIpc) is 2.38. The maximum Gasteiger partial charge on any atom is 0.353 e. The van der Waals surface area contributed by atoms with Crippen LogP contribution in [0.2, 0.25) is 0 Å². The Labute approximate surface area is 109 Å². The van der Waals surface area contributed by atoms with Gasteiger partial charge in [0.05, 0.1) is 12.8 Å². The number of aliphatic carboxylic acids is 1. The van der Waals surface area contributed by atoms with Gasteiger partial charge in [-0.25, -0.2) is 14.2 Å². The van der Waals surface area contributed by atoms with Gasteiger partial charge in [-0.1, -0.05) is 12.1 Å². The molecule has 0 spiro atoms. The van der Waals surface area contributed by atoms with Crippen LogP contribution in [0.25, 0.3) is 0 Å². The first-order valence-corrected chi connectivity index (χ1v) is 5.53. The zero-order chi connectivity index (χ0) is 14.6. The van der Waals surface area contributed by atoms with Gasteiger partial charge in [-0.3, -0.25) is 4.79 Å². The second kappa shape index (κ2) is 6.08. The number of ether oxygens (including phenoxy) is 1. The number of aliphatic imine (C=N–C) groups is 1. The van der Waals surface area contributed by atoms with Gasteiger partial charge in [-0.05, 0) is 25.5 Å². The van der Waals surface area contributed by atoms with Gasteiger partial charge in [0, 0.05) is 0 Å². The lowest BCUT2D eigenvalue weighted by Gasteiger charge is -2.09. The summed E-state index contributed by atoms with van der Waals surface area (Å²) in [4.78, 5) is 26.2. The molecule has 0 fully saturated rings. The molecular formula is C13H14FNO4. The topological polar surface area (TPSA) is 76.0 Å². The quantitative estimate of drug-likeness (QED) is 0.669. The highest BCUT2D eigenvalue weighted by Crippen LogP contribution is 2.21. The van der Waals surface area contributed by atoms with E-state index in [-0.39, 0.29) is 11.4 Å². The van der Waals surface area contributed by atoms with Gasteiger partial charge in [0.2, 0.25) is 0 Å². The number of rotatable bonds is 4. The summed E-state index contributed by atoms with van der Waals surface area (Å²) < 4.78 is 18.3. The molecule has 0 amide bonds. The van der Waals surface area contributed by atoms with Crippen LogP contribution >= 0.6 is 0 Å². The molecule has 0 bridgehead atoms. The monoisotopic (exact) mass is 267 g/mol. The number of halogens is 1. The second-order valence-electron chi connectivity index (χ2n) is 3.96. The number of hydrogen-bond acceptors (Lipinski definition) is 4. The van der Waals surface area contributed by atoms with Crippen molar-refractivity contribution in [3.63, 3.8) is 0 Å². The molecule has 0 heterocycles. The third-order valence-electron chi connectivity index (χ3n) is 2.59. The third-order valence-corrected chi connectivity index (χ3v) is 2.59. The molecule has 102 valence electrons. The van der Waals surface area contributed by atoms with Crippen LogP contribution in [0.5, 0.6) is 0 Å². The van der Waals surface area contributed by atoms with Gasteiger partial charge in [-0.2, -0.15) is 0 Å². The van der Waals surface area contributed by atoms with Gasteiger partial charge in [-0.15, -0.1) is 0 Å². The van der Waals surface area contributed by atoms with Crippen molar-refractivity contribution in [1.29, 1.82) is 0 Å². The average molecular weight is 267 g/mol. The van der Waals surface area contributed by atoms with Crippen LogP contribution in [0.4, 0.5) is 10.1 Å². The van der Waals surface area contributed by atoms with Crippen LogP contribution in [-0.4, -0.2) is 29.9 Å². The predicted molar refractivity (Wildman–Crippen MR) is 67.0 cm³/mol. The third kappa shape index (κ3) is 3.37. The molecule has 0 aliphatic carbocycles. The molecule has 1 aromatic rings. The number of nitrogens with zero attached hydrogens (tertiary/aromatic N) is 1. The van der Waals surface area contributed by atoms with E-state index in [1.165, 1.54) is 13.0 Å². The fourth-order valence-electron chi connectivity index (χ4n) is 1.39. The van der Waals surface area contributed by atoms with Crippen molar-refractivity contribution >= 4 is 23.3 Å². The maximum atomic E-state index is 13.8. The van der Waals surface area contributed by atoms with Crippen molar-refractivity contribution in [2.75, 3.05) is 7.11 Å². The Hall–Kier alpha value is -2.24. The summed E-state index contributed by atoms with van der Waals surface area (Å²) in [5.74, 6) is -3.91. The molecule has 0 radical (unpaired) electrons. The first kappa shape index (κ1) is 14.8. The smallest absolute Gasteiger partial charge is 0.353 e. The van der Waals surface area contributed by atoms with Crippen LogP contribution in [-0.2, 0) is 14.3 Å². The first-order valence-electron chi connectivity index (χ1n) is 5.53. The van der Waals surface area contributed by atoms with Crippen LogP contribution in [0.15, 0.2) is 23.2 Å². The first-order chi connectivity index (χ1) is 8.88. The van der Waals surface area contributed by atoms with Crippen molar-refractivity contribution in [3.8, 4) is 0 Å². The van der Waals surface area contributed by atoms with Crippen LogP contribution in [0, 0.1) is 18.7 Å². The fourth-order valence-corrected chi connectivity index (χ4v) is 1.39. The number of carboxylic acids is 1. The van der Waals surface area contributed by atoms with Crippen LogP contribution in [0.1, 0.15) is 12.5 Å². The summed E-state index contributed by atoms with van der Waals surface area (Å²) >= 11 is 0. The van der Waals surface area contributed by atoms with E-state index >= 15 is 0 Å². The SMILES string of the molecule is COC(=O)C(=Nc1cccc(C)c1F)C(C)C(=O)O. The van der Waals surface area contributed by atoms with E-state index in [4.69, 9.17) is 5.11 Å². The standard InChI is InChI=1S/C13H14FNO4/c1-7-5-4-6-9(10(7)14)15-11(13(18)19-3)8(2)12(16)17/h4-6,8H,1-3H3,(H,16,17). The molecule has 1 rings (SSSR count). The van der Waals surface area contributed by atoms with Gasteiger partial charge >= 0.3 is 11.9 Å². The number of carbonyl (C=O) groups is 2. The number of hydrogen-bond donors (Lipinski definition) is 1. The molecule has 19 heavy (non-hydrogen) atoms. The molecular weight excluding hydrogens is 253 g/mol. The summed E-state index contributed by atoms with van der Waals surface area (Å²) in [6.07, 6.45) is 0. The van der Waals surface area contributed by atoms with Gasteiger partial charge < -0.3 is 9.84 Å². The van der Waals surface area contributed by atoms with Crippen LogP contribution < -0.4 is 0 Å². The molecule has 1 atom stereocenters. The van der Waals surface area contributed by atoms with Gasteiger partial charge in [0.25, 0.3) is 0 Å². The lowest BCUT2D eigenvalue weighted by Crippen LogP contribution is -2.28. The number of aryl methyl sites for hydroxylation is 1. The van der Waals surface area contributed by atoms with Crippen molar-refractivity contribution in [2.24, 2.45) is 10.9 Å². The van der Waals surface area contributed by atoms with Gasteiger partial charge in [0.1, 0.15) is 11.6 Å². The highest BCUT2D eigenvalue weighted by Gasteiger charge is 2.26. The molecule has 0 aliphatic heterocycles. The van der Waals surface area contributed by atoms with E-state index < -0.39 is 23.7 Å². The summed E-state index contributed by atoms with van der Waals surface area (Å²) in [6.45, 7) is 2.83. The zero-order valence-corrected chi connectivity index (χ0v) is 10.8. The summed E-state index contributed by atoms with van der Waals surface area (Å²) in [5.41, 5.74) is -0.0820. The predicted octanol–water partition coefficient (Wildman–Crippen LogP) is 2.10. The Morgan fingerprint density at radius 1 is 1.42 bits per heavy atom. The van der Waals surface area contributed by atoms with Crippen LogP contribution in [0.3, 0.4) is 0 Å². The summed E-state index contributed by atoms with van der Waals surface area (Å²) in [5, 5.41) is 8.92. The number of carbonyl (C=O) groups excluding carboxylic acids is 1. The summed E-state index contributed by atoms with van der Waals surface area (Å²) in [6, 6.07) is 4.48. The Morgan fingerprint density at radius 2 is 2.05 bits per heavy atom. The molecule has 1 unspecified atom stereocenters. The Morgan fingerprint density at radius 3 is 2.58 bits per heavy atom. The van der Waals surface area contributed by atoms with Crippen molar-refractivity contribution < 1.29 is 23.8 Å². The lowest BCUT2D eigenvalue weighted by atomic mass is 10.1. The normalized spacial score (nSPS) is 12.9. The number of carboxylic acid groups (broad SMARTS) is 1. The number of benzene rings is 1. The van der Waals surface area contributed by atoms with E-state index in [0.717, 1.165) is 7.11 Å². The van der Waals surface area contributed by atoms with E-state index in [1.807, 2.05) is 0 Å². The molecule has 6 heteroatoms. The molecule has 0 aliphatic rings. The molecule has 0 saturated heterocycles. The van der Waals surface area contributed by atoms with Crippen molar-refractivity contribution in [1.82, 2.24) is 0 Å². The second-order valence-corrected chi connectivity index (χ2v) is 3.96. The molecule has 5 nitrogen and oxygen atoms in total. The Bertz CT molecular complexity index is 539. The highest BCUT2D eigenvalue weighted by molar-refractivity contribution is 6.40. The molecule has 0 aromatic heterocycles. The van der Waals surface area contributed by atoms with Gasteiger partial charge in [0.15, 0.2) is 5.82 Å². The lowest BCUT2D eigenvalue weighted by molar-refractivity contribution is -0.141. The summed E-state index contributed by atoms with van der Waals surface area (Å²) in [7, 11) is 1.11. The molecule has 1 N–H and O–H groups in total. The van der Waals surface area contributed by atoms with E-state index in [0.29, 0.717) is 5.56 Å². The fraction of sp³-hybridized carbons (Fsp3) is 0.308. The number of methoxy groups -OCH3 is 1. The molecule has 0 saturated carbocycles. The molecule has 1 aromatic carbocycles.